The van der Waals surface area contributed by atoms with Crippen LogP contribution >= 0.6 is 0 Å². The van der Waals surface area contributed by atoms with Gasteiger partial charge in [0.15, 0.2) is 0 Å². The molecule has 0 saturated carbocycles. The number of carbonyl (C=O) groups excluding carboxylic acids is 1. The Morgan fingerprint density at radius 1 is 0.923 bits per heavy atom. The summed E-state index contributed by atoms with van der Waals surface area (Å²) in [5.74, 6) is 0.255. The molecule has 7 nitrogen and oxygen atoms in total. The minimum atomic E-state index is -3.93. The quantitative estimate of drug-likeness (QED) is 0.199. The third kappa shape index (κ3) is 8.17. The Morgan fingerprint density at radius 2 is 1.46 bits per heavy atom. The first-order valence-electron chi connectivity index (χ1n) is 12.9. The summed E-state index contributed by atoms with van der Waals surface area (Å²) >= 11 is 0. The minimum absolute atomic E-state index is 0.0815. The van der Waals surface area contributed by atoms with Crippen molar-refractivity contribution in [3.63, 3.8) is 0 Å². The molecule has 0 aliphatic heterocycles. The number of hydrazone groups is 1. The third-order valence-corrected chi connectivity index (χ3v) is 7.49. The first-order chi connectivity index (χ1) is 18.1. The van der Waals surface area contributed by atoms with Crippen molar-refractivity contribution in [2.45, 2.75) is 77.0 Å². The van der Waals surface area contributed by atoms with Gasteiger partial charge in [-0.15, -0.1) is 0 Å². The molecule has 0 radical (unpaired) electrons. The Bertz CT molecular complexity index is 1410. The summed E-state index contributed by atoms with van der Waals surface area (Å²) in [5.41, 5.74) is 6.39. The molecule has 3 aromatic rings. The zero-order valence-corrected chi connectivity index (χ0v) is 24.5. The monoisotopic (exact) mass is 550 g/mol. The van der Waals surface area contributed by atoms with E-state index in [1.807, 2.05) is 19.1 Å². The van der Waals surface area contributed by atoms with Gasteiger partial charge in [0.25, 0.3) is 0 Å². The molecule has 0 atom stereocenters. The number of carbonyl (C=O) groups is 1. The lowest BCUT2D eigenvalue weighted by atomic mass is 9.78. The molecule has 0 fully saturated rings. The Morgan fingerprint density at radius 3 is 1.97 bits per heavy atom. The number of nitrogens with one attached hydrogen (secondary N) is 1. The van der Waals surface area contributed by atoms with Gasteiger partial charge in [0.1, 0.15) is 16.4 Å². The van der Waals surface area contributed by atoms with Crippen LogP contribution in [-0.4, -0.2) is 25.6 Å². The molecule has 3 aromatic carbocycles. The van der Waals surface area contributed by atoms with E-state index in [1.54, 1.807) is 24.3 Å². The zero-order valence-electron chi connectivity index (χ0n) is 23.7. The van der Waals surface area contributed by atoms with E-state index in [-0.39, 0.29) is 33.8 Å². The van der Waals surface area contributed by atoms with E-state index in [1.165, 1.54) is 30.5 Å². The van der Waals surface area contributed by atoms with Crippen molar-refractivity contribution >= 4 is 22.2 Å². The lowest BCUT2D eigenvalue weighted by Gasteiger charge is -2.28. The van der Waals surface area contributed by atoms with Crippen molar-refractivity contribution in [3.05, 3.63) is 88.5 Å². The number of aromatic hydroxyl groups is 1. The van der Waals surface area contributed by atoms with E-state index < -0.39 is 10.1 Å². The summed E-state index contributed by atoms with van der Waals surface area (Å²) in [4.78, 5) is 12.5. The first kappa shape index (κ1) is 29.9. The summed E-state index contributed by atoms with van der Waals surface area (Å²) in [6.45, 7) is 14.2. The summed E-state index contributed by atoms with van der Waals surface area (Å²) in [5, 5.41) is 14.9. The molecule has 0 unspecified atom stereocenters. The molecule has 2 N–H and O–H groups in total. The summed E-state index contributed by atoms with van der Waals surface area (Å²) in [7, 11) is -3.93. The fraction of sp³-hybridized carbons (Fsp3) is 0.355. The number of rotatable bonds is 8. The number of hydrogen-bond donors (Lipinski definition) is 2. The van der Waals surface area contributed by atoms with E-state index in [2.05, 4.69) is 52.1 Å². The van der Waals surface area contributed by atoms with Gasteiger partial charge in [0, 0.05) is 6.42 Å². The predicted octanol–water partition coefficient (Wildman–Crippen LogP) is 6.15. The van der Waals surface area contributed by atoms with E-state index in [9.17, 15) is 18.3 Å². The van der Waals surface area contributed by atoms with Crippen molar-refractivity contribution in [2.24, 2.45) is 5.10 Å². The molecule has 0 bridgehead atoms. The first-order valence-corrected chi connectivity index (χ1v) is 14.3. The van der Waals surface area contributed by atoms with Crippen LogP contribution in [0.25, 0.3) is 0 Å². The Hall–Kier alpha value is -3.65. The zero-order chi connectivity index (χ0) is 29.0. The highest BCUT2D eigenvalue weighted by atomic mass is 32.2. The molecule has 0 aliphatic carbocycles. The summed E-state index contributed by atoms with van der Waals surface area (Å²) in [6.07, 6.45) is 2.22. The Balaban J connectivity index is 1.59. The smallest absolute Gasteiger partial charge is 0.339 e. The Kier molecular flexibility index (Phi) is 8.91. The molecule has 0 heterocycles. The van der Waals surface area contributed by atoms with Gasteiger partial charge in [-0.25, -0.2) is 5.43 Å². The maximum atomic E-state index is 12.5. The second-order valence-electron chi connectivity index (χ2n) is 11.8. The second-order valence-corrected chi connectivity index (χ2v) is 13.3. The third-order valence-electron chi connectivity index (χ3n) is 6.23. The van der Waals surface area contributed by atoms with Gasteiger partial charge in [0.05, 0.1) is 6.21 Å². The molecule has 208 valence electrons. The van der Waals surface area contributed by atoms with Crippen LogP contribution in [0, 0.1) is 6.92 Å². The maximum Gasteiger partial charge on any atom is 0.339 e. The van der Waals surface area contributed by atoms with Crippen molar-refractivity contribution in [3.8, 4) is 11.5 Å². The molecule has 0 aliphatic rings. The average molecular weight is 551 g/mol. The van der Waals surface area contributed by atoms with Crippen molar-refractivity contribution in [1.29, 1.82) is 0 Å². The van der Waals surface area contributed by atoms with Gasteiger partial charge >= 0.3 is 10.1 Å². The number of hydrogen-bond acceptors (Lipinski definition) is 6. The number of aryl methyl sites for hydroxylation is 2. The molecule has 0 spiro atoms. The van der Waals surface area contributed by atoms with Crippen LogP contribution < -0.4 is 9.61 Å². The fourth-order valence-corrected chi connectivity index (χ4v) is 4.89. The van der Waals surface area contributed by atoms with Gasteiger partial charge < -0.3 is 9.29 Å². The van der Waals surface area contributed by atoms with Gasteiger partial charge in [-0.3, -0.25) is 4.79 Å². The van der Waals surface area contributed by atoms with Crippen LogP contribution in [0.2, 0.25) is 0 Å². The van der Waals surface area contributed by atoms with Crippen LogP contribution in [0.4, 0.5) is 0 Å². The Labute approximate surface area is 232 Å². The van der Waals surface area contributed by atoms with Crippen LogP contribution in [0.1, 0.15) is 75.8 Å². The summed E-state index contributed by atoms with van der Waals surface area (Å²) in [6, 6.07) is 16.7. The highest BCUT2D eigenvalue weighted by Crippen LogP contribution is 2.40. The van der Waals surface area contributed by atoms with Crippen molar-refractivity contribution < 1.29 is 22.5 Å². The molecular weight excluding hydrogens is 512 g/mol. The van der Waals surface area contributed by atoms with Gasteiger partial charge in [0.2, 0.25) is 5.91 Å². The topological polar surface area (TPSA) is 105 Å². The largest absolute Gasteiger partial charge is 0.507 e. The van der Waals surface area contributed by atoms with E-state index >= 15 is 0 Å². The SMILES string of the molecule is Cc1ccc(S(=O)(=O)Oc2ccc(C=NNC(=O)CCc3cc(C(C)(C)C)c(O)c(C(C)(C)C)c3)cc2)cc1. The number of phenolic OH excluding ortho intramolecular Hbond substituents is 1. The van der Waals surface area contributed by atoms with Crippen LogP contribution in [0.15, 0.2) is 70.7 Å². The van der Waals surface area contributed by atoms with Crippen LogP contribution in [-0.2, 0) is 32.2 Å². The van der Waals surface area contributed by atoms with Gasteiger partial charge in [-0.1, -0.05) is 71.4 Å². The van der Waals surface area contributed by atoms with E-state index in [4.69, 9.17) is 4.18 Å². The molecule has 8 heteroatoms. The van der Waals surface area contributed by atoms with Crippen molar-refractivity contribution in [1.82, 2.24) is 5.43 Å². The van der Waals surface area contributed by atoms with Crippen molar-refractivity contribution in [2.75, 3.05) is 0 Å². The molecular formula is C31H38N2O5S. The summed E-state index contributed by atoms with van der Waals surface area (Å²) < 4.78 is 30.1. The average Bonchev–Trinajstić information content (AvgIpc) is 2.83. The number of nitrogens with zero attached hydrogens (tertiary/aromatic N) is 1. The predicted molar refractivity (Wildman–Crippen MR) is 155 cm³/mol. The highest BCUT2D eigenvalue weighted by molar-refractivity contribution is 7.87. The standard InChI is InChI=1S/C31H38N2O5S/c1-21-8-15-25(16-9-21)39(36,37)38-24-13-10-22(11-14-24)20-32-33-28(34)17-12-23-18-26(30(2,3)4)29(35)27(19-23)31(5,6)7/h8-11,13-16,18-20,35H,12,17H2,1-7H3,(H,33,34). The molecule has 0 saturated heterocycles. The molecule has 3 rings (SSSR count). The minimum Gasteiger partial charge on any atom is -0.507 e. The maximum absolute atomic E-state index is 12.5. The number of amides is 1. The highest BCUT2D eigenvalue weighted by Gasteiger charge is 2.26. The lowest BCUT2D eigenvalue weighted by Crippen LogP contribution is -2.20. The number of phenols is 1. The second kappa shape index (κ2) is 11.6. The van der Waals surface area contributed by atoms with Gasteiger partial charge in [-0.05, 0) is 82.8 Å². The van der Waals surface area contributed by atoms with Gasteiger partial charge in [-0.2, -0.15) is 13.5 Å². The van der Waals surface area contributed by atoms with E-state index in [0.717, 1.165) is 22.3 Å². The van der Waals surface area contributed by atoms with Crippen LogP contribution in [0.3, 0.4) is 0 Å². The fourth-order valence-electron chi connectivity index (χ4n) is 3.96. The number of benzene rings is 3. The molecule has 1 amide bonds. The lowest BCUT2D eigenvalue weighted by molar-refractivity contribution is -0.121. The molecule has 39 heavy (non-hydrogen) atoms. The normalized spacial score (nSPS) is 12.5. The van der Waals surface area contributed by atoms with Crippen LogP contribution in [0.5, 0.6) is 11.5 Å². The van der Waals surface area contributed by atoms with E-state index in [0.29, 0.717) is 17.7 Å². The molecule has 0 aromatic heterocycles.